The molecule has 0 bridgehead atoms. The van der Waals surface area contributed by atoms with E-state index in [0.29, 0.717) is 16.7 Å². The normalized spacial score (nSPS) is 22.5. The van der Waals surface area contributed by atoms with E-state index in [1.54, 1.807) is 11.8 Å². The standard InChI is InChI=1S/C35H50F2N4O12S2/c1-3-21(18-54-25-4-5-26(25)55-19-23(33(49)50)14-24(44)9-13-52-12-8-20(2)43)32(48)38-10-6-30(46)53-17-29(45)39-28-7-11-41(34(51)40-28)27-15-22(16-42)31(47)35(27,36)37/h7,11,21-23,25-27,31,42,47H,3-6,8-10,12-19H2,1-2H3,(H,38,48)(H,49,50)(H,39,40,45,51)/t21?,22-,23?,25?,26?,27-,31-/m0/s1. The Balaban J connectivity index is 1.32. The van der Waals surface area contributed by atoms with Crippen LogP contribution in [0.25, 0.3) is 0 Å². The van der Waals surface area contributed by atoms with Crippen molar-refractivity contribution < 1.29 is 62.3 Å². The summed E-state index contributed by atoms with van der Waals surface area (Å²) in [4.78, 5) is 88.3. The molecular weight excluding hydrogens is 771 g/mol. The molecule has 0 aliphatic heterocycles. The van der Waals surface area contributed by atoms with E-state index < -0.39 is 66.7 Å². The highest BCUT2D eigenvalue weighted by Crippen LogP contribution is 2.46. The summed E-state index contributed by atoms with van der Waals surface area (Å²) in [7, 11) is 0. The number of aliphatic hydroxyl groups excluding tert-OH is 2. The SMILES string of the molecule is CCC(CSC1CCC1SCC(CC(=O)CCOCCC(C)=O)C(=O)O)C(=O)NCCC(=O)OCC(=O)Nc1ccn([C@H]2C[C@@H](CO)[C@H](O)C2(F)F)c(=O)n1. The molecule has 308 valence electrons. The minimum Gasteiger partial charge on any atom is -0.481 e. The van der Waals surface area contributed by atoms with Gasteiger partial charge in [-0.3, -0.25) is 33.3 Å². The van der Waals surface area contributed by atoms with E-state index in [1.807, 2.05) is 6.92 Å². The van der Waals surface area contributed by atoms with Crippen LogP contribution in [0.15, 0.2) is 17.1 Å². The van der Waals surface area contributed by atoms with E-state index in [2.05, 4.69) is 15.6 Å². The van der Waals surface area contributed by atoms with E-state index in [1.165, 1.54) is 18.7 Å². The fraction of sp³-hybridized carbons (Fsp3) is 0.714. The number of aromatic nitrogens is 2. The number of nitrogens with zero attached hydrogens (tertiary/aromatic N) is 2. The molecule has 5 N–H and O–H groups in total. The highest BCUT2D eigenvalue weighted by Gasteiger charge is 2.57. The topological polar surface area (TPSA) is 241 Å². The van der Waals surface area contributed by atoms with Gasteiger partial charge in [0.05, 0.1) is 25.6 Å². The van der Waals surface area contributed by atoms with Gasteiger partial charge in [-0.15, -0.1) is 0 Å². The molecule has 4 unspecified atom stereocenters. The summed E-state index contributed by atoms with van der Waals surface area (Å²) in [5, 5.41) is 34.0. The largest absolute Gasteiger partial charge is 0.481 e. The lowest BCUT2D eigenvalue weighted by Crippen LogP contribution is -2.40. The first-order valence-corrected chi connectivity index (χ1v) is 20.2. The number of ketones is 2. The highest BCUT2D eigenvalue weighted by molar-refractivity contribution is 8.04. The molecule has 0 saturated heterocycles. The summed E-state index contributed by atoms with van der Waals surface area (Å²) < 4.78 is 39.8. The molecule has 20 heteroatoms. The van der Waals surface area contributed by atoms with Crippen molar-refractivity contribution in [2.75, 3.05) is 49.8 Å². The van der Waals surface area contributed by atoms with E-state index >= 15 is 0 Å². The van der Waals surface area contributed by atoms with E-state index in [4.69, 9.17) is 9.47 Å². The first-order chi connectivity index (χ1) is 26.1. The second-order valence-corrected chi connectivity index (χ2v) is 16.1. The number of rotatable bonds is 25. The van der Waals surface area contributed by atoms with Gasteiger partial charge in [0, 0.05) is 72.5 Å². The first kappa shape index (κ1) is 45.9. The molecule has 2 aliphatic carbocycles. The maximum absolute atomic E-state index is 14.5. The van der Waals surface area contributed by atoms with Crippen molar-refractivity contribution in [3.63, 3.8) is 0 Å². The number of carboxylic acids is 1. The molecule has 1 heterocycles. The van der Waals surface area contributed by atoms with Crippen molar-refractivity contribution >= 4 is 64.7 Å². The smallest absolute Gasteiger partial charge is 0.349 e. The van der Waals surface area contributed by atoms with Crippen LogP contribution < -0.4 is 16.3 Å². The molecule has 0 spiro atoms. The number of thioether (sulfide) groups is 2. The number of nitrogens with one attached hydrogen (secondary N) is 2. The average molecular weight is 821 g/mol. The van der Waals surface area contributed by atoms with E-state index in [-0.39, 0.29) is 97.3 Å². The van der Waals surface area contributed by atoms with E-state index in [9.17, 15) is 57.7 Å². The number of anilines is 1. The van der Waals surface area contributed by atoms with Gasteiger partial charge in [0.25, 0.3) is 11.8 Å². The van der Waals surface area contributed by atoms with Gasteiger partial charge < -0.3 is 35.4 Å². The zero-order chi connectivity index (χ0) is 40.7. The molecule has 2 fully saturated rings. The number of hydrogen-bond donors (Lipinski definition) is 5. The Morgan fingerprint density at radius 2 is 1.71 bits per heavy atom. The van der Waals surface area contributed by atoms with Crippen LogP contribution in [-0.4, -0.2) is 127 Å². The highest BCUT2D eigenvalue weighted by atomic mass is 32.2. The molecule has 16 nitrogen and oxygen atoms in total. The van der Waals surface area contributed by atoms with Gasteiger partial charge in [-0.25, -0.2) is 13.6 Å². The molecular formula is C35H50F2N4O12S2. The van der Waals surface area contributed by atoms with Crippen LogP contribution in [0.4, 0.5) is 14.6 Å². The summed E-state index contributed by atoms with van der Waals surface area (Å²) in [5.74, 6) is -8.58. The Kier molecular flexibility index (Phi) is 18.6. The minimum absolute atomic E-state index is 0.0127. The number of amides is 2. The van der Waals surface area contributed by atoms with Crippen molar-refractivity contribution in [2.45, 2.75) is 93.8 Å². The van der Waals surface area contributed by atoms with Gasteiger partial charge in [0.1, 0.15) is 29.5 Å². The monoisotopic (exact) mass is 820 g/mol. The Morgan fingerprint density at radius 1 is 1.05 bits per heavy atom. The van der Waals surface area contributed by atoms with Crippen LogP contribution in [0.5, 0.6) is 0 Å². The molecule has 2 amide bonds. The predicted octanol–water partition coefficient (Wildman–Crippen LogP) is 1.85. The summed E-state index contributed by atoms with van der Waals surface area (Å²) >= 11 is 3.16. The molecule has 55 heavy (non-hydrogen) atoms. The van der Waals surface area contributed by atoms with Crippen LogP contribution in [0, 0.1) is 17.8 Å². The maximum Gasteiger partial charge on any atom is 0.349 e. The summed E-state index contributed by atoms with van der Waals surface area (Å²) in [5.41, 5.74) is -1.12. The average Bonchev–Trinajstić information content (AvgIpc) is 3.34. The lowest BCUT2D eigenvalue weighted by atomic mass is 9.99. The zero-order valence-electron chi connectivity index (χ0n) is 30.8. The lowest BCUT2D eigenvalue weighted by Gasteiger charge is -2.36. The number of Topliss-reactive ketones (excluding diaryl/α,β-unsaturated/α-hetero) is 2. The van der Waals surface area contributed by atoms with Gasteiger partial charge in [-0.05, 0) is 38.7 Å². The van der Waals surface area contributed by atoms with Crippen molar-refractivity contribution in [1.29, 1.82) is 0 Å². The third-order valence-electron chi connectivity index (χ3n) is 9.46. The maximum atomic E-state index is 14.5. The fourth-order valence-corrected chi connectivity index (χ4v) is 9.27. The second kappa shape index (κ2) is 22.3. The van der Waals surface area contributed by atoms with Gasteiger partial charge in [0.15, 0.2) is 6.61 Å². The summed E-state index contributed by atoms with van der Waals surface area (Å²) in [6.45, 7) is 2.22. The Morgan fingerprint density at radius 3 is 2.27 bits per heavy atom. The number of carbonyl (C=O) groups excluding carboxylic acids is 5. The number of esters is 1. The van der Waals surface area contributed by atoms with Gasteiger partial charge in [0.2, 0.25) is 5.91 Å². The Hall–Kier alpha value is -3.46. The van der Waals surface area contributed by atoms with Crippen molar-refractivity contribution in [3.05, 3.63) is 22.7 Å². The number of carbonyl (C=O) groups is 6. The minimum atomic E-state index is -3.69. The predicted molar refractivity (Wildman–Crippen MR) is 198 cm³/mol. The van der Waals surface area contributed by atoms with Crippen molar-refractivity contribution in [1.82, 2.24) is 14.9 Å². The molecule has 0 radical (unpaired) electrons. The zero-order valence-corrected chi connectivity index (χ0v) is 32.4. The number of aliphatic hydroxyl groups is 2. The molecule has 1 aromatic rings. The quantitative estimate of drug-likeness (QED) is 0.0699. The van der Waals surface area contributed by atoms with Crippen LogP contribution in [0.3, 0.4) is 0 Å². The molecule has 2 saturated carbocycles. The Labute approximate surface area is 325 Å². The Bertz CT molecular complexity index is 1570. The van der Waals surface area contributed by atoms with Crippen LogP contribution in [0.1, 0.15) is 71.3 Å². The first-order valence-electron chi connectivity index (χ1n) is 18.1. The third-order valence-corrected chi connectivity index (χ3v) is 12.8. The number of alkyl halides is 2. The van der Waals surface area contributed by atoms with Crippen LogP contribution >= 0.6 is 23.5 Å². The van der Waals surface area contributed by atoms with E-state index in [0.717, 1.165) is 25.1 Å². The summed E-state index contributed by atoms with van der Waals surface area (Å²) in [6, 6.07) is -0.644. The molecule has 3 rings (SSSR count). The summed E-state index contributed by atoms with van der Waals surface area (Å²) in [6.07, 6.45) is 0.888. The second-order valence-electron chi connectivity index (χ2n) is 13.6. The number of hydrogen-bond acceptors (Lipinski definition) is 14. The number of aliphatic carboxylic acids is 1. The van der Waals surface area contributed by atoms with Crippen molar-refractivity contribution in [3.8, 4) is 0 Å². The number of carboxylic acid groups (broad SMARTS) is 1. The van der Waals surface area contributed by atoms with Gasteiger partial charge in [-0.2, -0.15) is 28.5 Å². The molecule has 2 aliphatic rings. The lowest BCUT2D eigenvalue weighted by molar-refractivity contribution is -0.147. The van der Waals surface area contributed by atoms with Crippen molar-refractivity contribution in [2.24, 2.45) is 17.8 Å². The van der Waals surface area contributed by atoms with Gasteiger partial charge >= 0.3 is 17.6 Å². The molecule has 7 atom stereocenters. The number of ether oxygens (including phenoxy) is 2. The molecule has 1 aromatic heterocycles. The molecule has 0 aromatic carbocycles. The fourth-order valence-electron chi connectivity index (χ4n) is 5.88. The third kappa shape index (κ3) is 14.2. The van der Waals surface area contributed by atoms with Crippen LogP contribution in [0.2, 0.25) is 0 Å². The van der Waals surface area contributed by atoms with Gasteiger partial charge in [-0.1, -0.05) is 6.92 Å². The number of halogens is 2. The van der Waals surface area contributed by atoms with Crippen LogP contribution in [-0.2, 0) is 38.2 Å².